The number of rotatable bonds is 6. The van der Waals surface area contributed by atoms with Crippen LogP contribution in [0, 0.1) is 11.3 Å². The predicted molar refractivity (Wildman–Crippen MR) is 147 cm³/mol. The number of aliphatic carboxylic acids is 1. The average molecular weight is 612 g/mol. The summed E-state index contributed by atoms with van der Waals surface area (Å²) >= 11 is 1.31. The van der Waals surface area contributed by atoms with Crippen molar-refractivity contribution in [3.8, 4) is 6.07 Å². The topological polar surface area (TPSA) is 178 Å². The van der Waals surface area contributed by atoms with Crippen LogP contribution in [0.15, 0.2) is 48.5 Å². The van der Waals surface area contributed by atoms with Crippen molar-refractivity contribution in [3.63, 3.8) is 0 Å². The van der Waals surface area contributed by atoms with Crippen molar-refractivity contribution >= 4 is 47.3 Å². The first-order chi connectivity index (χ1) is 20.0. The van der Waals surface area contributed by atoms with Crippen molar-refractivity contribution in [1.29, 1.82) is 5.26 Å². The number of carboxylic acid groups (broad SMARTS) is 1. The molecule has 0 aromatic heterocycles. The minimum absolute atomic E-state index is 0. The molecular formula is C28H26N7NaO6S. The molecule has 3 N–H and O–H groups in total. The van der Waals surface area contributed by atoms with Gasteiger partial charge in [0.25, 0.3) is 0 Å². The molecule has 216 valence electrons. The average Bonchev–Trinajstić information content (AvgIpc) is 3.34. The number of hydrogen-bond acceptors (Lipinski definition) is 9. The zero-order valence-electron chi connectivity index (χ0n) is 23.6. The monoisotopic (exact) mass is 611 g/mol. The van der Waals surface area contributed by atoms with Crippen molar-refractivity contribution in [2.45, 2.75) is 54.6 Å². The van der Waals surface area contributed by atoms with Crippen LogP contribution in [0.5, 0.6) is 0 Å². The number of urea groups is 2. The second-order valence-electron chi connectivity index (χ2n) is 11.1. The summed E-state index contributed by atoms with van der Waals surface area (Å²) in [6.45, 7) is 3.63. The van der Waals surface area contributed by atoms with Crippen LogP contribution in [0.4, 0.5) is 15.3 Å². The van der Waals surface area contributed by atoms with Gasteiger partial charge in [0.1, 0.15) is 11.4 Å². The number of amides is 6. The van der Waals surface area contributed by atoms with Crippen LogP contribution in [-0.2, 0) is 20.8 Å². The molecule has 15 heteroatoms. The van der Waals surface area contributed by atoms with E-state index in [0.29, 0.717) is 16.8 Å². The summed E-state index contributed by atoms with van der Waals surface area (Å²) in [5.74, 6) is -2.21. The number of anilines is 1. The summed E-state index contributed by atoms with van der Waals surface area (Å²) < 4.78 is -0.751. The smallest absolute Gasteiger partial charge is 0.548 e. The Hall–Kier alpha value is -3.61. The first-order valence-corrected chi connectivity index (χ1v) is 14.1. The molecular weight excluding hydrogens is 585 g/mol. The van der Waals surface area contributed by atoms with Crippen LogP contribution in [-0.4, -0.2) is 79.4 Å². The van der Waals surface area contributed by atoms with Crippen LogP contribution in [0.25, 0.3) is 0 Å². The third-order valence-electron chi connectivity index (χ3n) is 7.97. The van der Waals surface area contributed by atoms with E-state index in [2.05, 4.69) is 22.1 Å². The van der Waals surface area contributed by atoms with Crippen LogP contribution in [0.1, 0.15) is 36.6 Å². The Balaban J connectivity index is 0.00000368. The van der Waals surface area contributed by atoms with E-state index < -0.39 is 52.1 Å². The maximum absolute atomic E-state index is 13.0. The minimum atomic E-state index is -1.32. The zero-order chi connectivity index (χ0) is 29.9. The van der Waals surface area contributed by atoms with Gasteiger partial charge in [-0.25, -0.2) is 19.9 Å². The molecule has 13 nitrogen and oxygen atoms in total. The molecule has 0 bridgehead atoms. The number of carbonyl (C=O) groups is 5. The number of thioether (sulfide) groups is 1. The molecule has 4 saturated heterocycles. The fraction of sp³-hybridized carbons (Fsp3) is 0.357. The van der Waals surface area contributed by atoms with E-state index in [9.17, 15) is 29.1 Å². The van der Waals surface area contributed by atoms with E-state index in [0.717, 1.165) is 10.5 Å². The van der Waals surface area contributed by atoms with Crippen molar-refractivity contribution in [2.75, 3.05) is 11.9 Å². The van der Waals surface area contributed by atoms with Crippen LogP contribution >= 0.6 is 11.8 Å². The Labute approximate surface area is 273 Å². The molecule has 2 aromatic rings. The van der Waals surface area contributed by atoms with E-state index in [1.807, 2.05) is 12.1 Å². The Morgan fingerprint density at radius 1 is 1.16 bits per heavy atom. The first-order valence-electron chi connectivity index (χ1n) is 13.3. The molecule has 0 saturated carbocycles. The van der Waals surface area contributed by atoms with Gasteiger partial charge in [0.2, 0.25) is 11.8 Å². The van der Waals surface area contributed by atoms with Crippen LogP contribution in [0.3, 0.4) is 0 Å². The van der Waals surface area contributed by atoms with E-state index in [1.54, 1.807) is 50.2 Å². The molecule has 0 aliphatic carbocycles. The maximum atomic E-state index is 13.0. The Bertz CT molecular complexity index is 1560. The van der Waals surface area contributed by atoms with Gasteiger partial charge >= 0.3 is 41.6 Å². The fourth-order valence-corrected chi connectivity index (χ4v) is 7.52. The standard InChI is InChI=1S/C28H27N7O6S.Na/c1-28(2)22(25(38)39)34-23(37)21(24(34)42-28)31-19(36)11-15-4-3-5-17(10-15)30-26(40)33-13-18-20(32-35(18)27(33)41)16-8-6-14(12-29)7-9-16;/h3-10,18,20-22,24,32H,11,13H2,1-2H3,(H,30,40)(H,31,36)(H,38,39);/q;+1/p-1/t18?,20?,21-,22+,24-;/m1./s1. The largest absolute Gasteiger partial charge is 1.00 e. The molecule has 2 aromatic carbocycles. The van der Waals surface area contributed by atoms with Gasteiger partial charge in [0.05, 0.1) is 48.7 Å². The number of nitrogens with one attached hydrogen (secondary N) is 3. The summed E-state index contributed by atoms with van der Waals surface area (Å²) in [6, 6.07) is 12.3. The molecule has 6 amide bonds. The van der Waals surface area contributed by atoms with Crippen LogP contribution < -0.4 is 50.7 Å². The van der Waals surface area contributed by atoms with Crippen molar-refractivity contribution in [1.82, 2.24) is 25.6 Å². The van der Waals surface area contributed by atoms with Gasteiger partial charge in [-0.15, -0.1) is 11.8 Å². The van der Waals surface area contributed by atoms with Crippen molar-refractivity contribution in [3.05, 3.63) is 65.2 Å². The summed E-state index contributed by atoms with van der Waals surface area (Å²) in [5, 5.41) is 26.9. The quantitative estimate of drug-likeness (QED) is 0.232. The predicted octanol–water partition coefficient (Wildman–Crippen LogP) is -2.70. The molecule has 4 fully saturated rings. The van der Waals surface area contributed by atoms with Gasteiger partial charge in [-0.3, -0.25) is 14.6 Å². The van der Waals surface area contributed by atoms with Gasteiger partial charge in [-0.05, 0) is 49.2 Å². The molecule has 4 aliphatic rings. The number of nitriles is 1. The number of β-lactam (4-membered cyclic amide) rings is 1. The van der Waals surface area contributed by atoms with E-state index >= 15 is 0 Å². The summed E-state index contributed by atoms with van der Waals surface area (Å²) in [7, 11) is 0. The normalized spacial score (nSPS) is 26.3. The number of fused-ring (bicyclic) bond motifs is 2. The van der Waals surface area contributed by atoms with Gasteiger partial charge in [0, 0.05) is 10.4 Å². The fourth-order valence-electron chi connectivity index (χ4n) is 5.90. The third kappa shape index (κ3) is 5.36. The molecule has 6 rings (SSSR count). The van der Waals surface area contributed by atoms with E-state index in [-0.39, 0.29) is 54.6 Å². The Kier molecular flexibility index (Phi) is 8.23. The van der Waals surface area contributed by atoms with Gasteiger partial charge in [-0.1, -0.05) is 24.3 Å². The molecule has 0 spiro atoms. The van der Waals surface area contributed by atoms with Crippen molar-refractivity contribution in [2.24, 2.45) is 0 Å². The summed E-state index contributed by atoms with van der Waals surface area (Å²) in [4.78, 5) is 65.2. The van der Waals surface area contributed by atoms with E-state index in [4.69, 9.17) is 5.26 Å². The van der Waals surface area contributed by atoms with Crippen molar-refractivity contribution < 1.29 is 58.6 Å². The SMILES string of the molecule is CC1(C)S[C@@H]2[C@H](NC(=O)Cc3cccc(NC(=O)N4CC5C(c6ccc(C#N)cc6)NN5C4=O)c3)C(=O)N2[C@H]1C(=O)[O-].[Na+]. The number of hydrogen-bond donors (Lipinski definition) is 3. The number of imide groups is 1. The second-order valence-corrected chi connectivity index (χ2v) is 12.9. The minimum Gasteiger partial charge on any atom is -0.548 e. The number of hydrazine groups is 1. The Morgan fingerprint density at radius 2 is 1.88 bits per heavy atom. The molecule has 4 aliphatic heterocycles. The molecule has 2 unspecified atom stereocenters. The molecule has 43 heavy (non-hydrogen) atoms. The molecule has 4 heterocycles. The summed E-state index contributed by atoms with van der Waals surface area (Å²) in [6.07, 6.45) is -0.0765. The number of benzene rings is 2. The molecule has 5 atom stereocenters. The summed E-state index contributed by atoms with van der Waals surface area (Å²) in [5.41, 5.74) is 5.45. The number of carbonyl (C=O) groups excluding carboxylic acids is 5. The third-order valence-corrected chi connectivity index (χ3v) is 9.54. The van der Waals surface area contributed by atoms with Crippen LogP contribution in [0.2, 0.25) is 0 Å². The Morgan fingerprint density at radius 3 is 2.56 bits per heavy atom. The van der Waals surface area contributed by atoms with Gasteiger partial charge < -0.3 is 25.4 Å². The van der Waals surface area contributed by atoms with Gasteiger partial charge in [0.15, 0.2) is 0 Å². The van der Waals surface area contributed by atoms with Gasteiger partial charge in [-0.2, -0.15) is 5.26 Å². The number of carboxylic acids is 1. The van der Waals surface area contributed by atoms with E-state index in [1.165, 1.54) is 21.7 Å². The maximum Gasteiger partial charge on any atom is 1.00 e. The number of nitrogens with zero attached hydrogens (tertiary/aromatic N) is 4. The molecule has 0 radical (unpaired) electrons. The zero-order valence-corrected chi connectivity index (χ0v) is 26.4. The first kappa shape index (κ1) is 30.8. The second kappa shape index (κ2) is 11.5.